The molecule has 1 heterocycles. The van der Waals surface area contributed by atoms with Crippen LogP contribution < -0.4 is 10.6 Å². The summed E-state index contributed by atoms with van der Waals surface area (Å²) in [5.74, 6) is -0.825. The highest BCUT2D eigenvalue weighted by Gasteiger charge is 2.21. The zero-order valence-electron chi connectivity index (χ0n) is 20.1. The maximum atomic E-state index is 12.5. The number of aromatic nitrogens is 1. The smallest absolute Gasteiger partial charge is 0.338 e. The Morgan fingerprint density at radius 2 is 1.79 bits per heavy atom. The number of amides is 2. The van der Waals surface area contributed by atoms with Crippen molar-refractivity contribution in [2.75, 3.05) is 18.5 Å². The van der Waals surface area contributed by atoms with Crippen LogP contribution in [0.2, 0.25) is 0 Å². The van der Waals surface area contributed by atoms with E-state index in [2.05, 4.69) is 22.5 Å². The predicted molar refractivity (Wildman–Crippen MR) is 132 cm³/mol. The number of anilines is 1. The van der Waals surface area contributed by atoms with Gasteiger partial charge in [0.25, 0.3) is 5.91 Å². The molecule has 1 aliphatic carbocycles. The first-order valence-corrected chi connectivity index (χ1v) is 11.7. The number of hydrogen-bond donors (Lipinski definition) is 3. The Morgan fingerprint density at radius 3 is 2.53 bits per heavy atom. The van der Waals surface area contributed by atoms with Crippen molar-refractivity contribution in [3.63, 3.8) is 0 Å². The van der Waals surface area contributed by atoms with Gasteiger partial charge in [-0.3, -0.25) is 9.59 Å². The summed E-state index contributed by atoms with van der Waals surface area (Å²) in [6.45, 7) is 7.43. The standard InChI is InChI=1S/C27H31N3O4/c1-15-5-7-22-20(11-15)21-12-19(6-8-23(21)29-22)27(33)34-14-25(32)28-13-24(31)30-26-17(3)9-16(2)10-18(26)4/h6,8-10,12,15,29H,5,7,11,13-14H2,1-4H3,(H,28,32)(H,30,31). The van der Waals surface area contributed by atoms with Gasteiger partial charge in [0, 0.05) is 22.3 Å². The van der Waals surface area contributed by atoms with Crippen LogP contribution in [0.25, 0.3) is 10.9 Å². The van der Waals surface area contributed by atoms with E-state index in [9.17, 15) is 14.4 Å². The number of carbonyl (C=O) groups excluding carboxylic acids is 3. The molecule has 0 saturated heterocycles. The van der Waals surface area contributed by atoms with Crippen molar-refractivity contribution in [3.8, 4) is 0 Å². The van der Waals surface area contributed by atoms with Crippen LogP contribution in [0.5, 0.6) is 0 Å². The predicted octanol–water partition coefficient (Wildman–Crippen LogP) is 4.13. The normalized spacial score (nSPS) is 15.0. The summed E-state index contributed by atoms with van der Waals surface area (Å²) in [6, 6.07) is 9.40. The van der Waals surface area contributed by atoms with E-state index in [1.54, 1.807) is 6.07 Å². The average molecular weight is 462 g/mol. The maximum absolute atomic E-state index is 12.5. The first-order valence-electron chi connectivity index (χ1n) is 11.7. The van der Waals surface area contributed by atoms with Crippen molar-refractivity contribution in [2.45, 2.75) is 47.0 Å². The quantitative estimate of drug-likeness (QED) is 0.481. The maximum Gasteiger partial charge on any atom is 0.338 e. The van der Waals surface area contributed by atoms with Crippen molar-refractivity contribution in [1.29, 1.82) is 0 Å². The lowest BCUT2D eigenvalue weighted by atomic mass is 9.87. The number of rotatable bonds is 6. The van der Waals surface area contributed by atoms with Crippen molar-refractivity contribution in [2.24, 2.45) is 5.92 Å². The second kappa shape index (κ2) is 9.71. The third-order valence-corrected chi connectivity index (χ3v) is 6.39. The van der Waals surface area contributed by atoms with Crippen LogP contribution in [0.15, 0.2) is 30.3 Å². The minimum absolute atomic E-state index is 0.206. The molecule has 1 unspecified atom stereocenters. The fraction of sp³-hybridized carbons (Fsp3) is 0.370. The Kier molecular flexibility index (Phi) is 6.72. The van der Waals surface area contributed by atoms with Crippen molar-refractivity contribution >= 4 is 34.4 Å². The molecule has 7 heteroatoms. The van der Waals surface area contributed by atoms with Gasteiger partial charge in [-0.05, 0) is 80.8 Å². The Morgan fingerprint density at radius 1 is 1.06 bits per heavy atom. The van der Waals surface area contributed by atoms with Gasteiger partial charge in [-0.1, -0.05) is 24.6 Å². The van der Waals surface area contributed by atoms with Crippen LogP contribution in [0.3, 0.4) is 0 Å². The molecule has 2 aromatic carbocycles. The molecule has 1 atom stereocenters. The van der Waals surface area contributed by atoms with E-state index < -0.39 is 18.5 Å². The average Bonchev–Trinajstić information content (AvgIpc) is 3.15. The molecule has 0 spiro atoms. The molecule has 178 valence electrons. The Balaban J connectivity index is 1.30. The van der Waals surface area contributed by atoms with Crippen LogP contribution in [-0.2, 0) is 27.2 Å². The number of aryl methyl sites for hydroxylation is 4. The number of aromatic amines is 1. The lowest BCUT2D eigenvalue weighted by molar-refractivity contribution is -0.126. The van der Waals surface area contributed by atoms with Gasteiger partial charge >= 0.3 is 5.97 Å². The SMILES string of the molecule is Cc1cc(C)c(NC(=O)CNC(=O)COC(=O)c2ccc3[nH]c4c(c3c2)CC(C)CC4)c(C)c1. The van der Waals surface area contributed by atoms with E-state index in [0.29, 0.717) is 11.5 Å². The minimum atomic E-state index is -0.564. The Hall–Kier alpha value is -3.61. The zero-order chi connectivity index (χ0) is 24.4. The number of ether oxygens (including phenoxy) is 1. The molecule has 3 aromatic rings. The summed E-state index contributed by atoms with van der Waals surface area (Å²) in [4.78, 5) is 40.4. The van der Waals surface area contributed by atoms with Gasteiger partial charge in [0.15, 0.2) is 6.61 Å². The second-order valence-corrected chi connectivity index (χ2v) is 9.37. The lowest BCUT2D eigenvalue weighted by Gasteiger charge is -2.18. The van der Waals surface area contributed by atoms with E-state index in [1.165, 1.54) is 11.3 Å². The van der Waals surface area contributed by atoms with Crippen LogP contribution in [-0.4, -0.2) is 35.9 Å². The molecule has 34 heavy (non-hydrogen) atoms. The zero-order valence-corrected chi connectivity index (χ0v) is 20.1. The highest BCUT2D eigenvalue weighted by molar-refractivity contribution is 5.98. The van der Waals surface area contributed by atoms with Crippen LogP contribution >= 0.6 is 0 Å². The number of fused-ring (bicyclic) bond motifs is 3. The first-order chi connectivity index (χ1) is 16.2. The number of nitrogens with one attached hydrogen (secondary N) is 3. The molecule has 7 nitrogen and oxygen atoms in total. The van der Waals surface area contributed by atoms with Crippen LogP contribution in [0.1, 0.15) is 51.7 Å². The van der Waals surface area contributed by atoms with E-state index in [1.807, 2.05) is 45.0 Å². The summed E-state index contributed by atoms with van der Waals surface area (Å²) in [7, 11) is 0. The molecular formula is C27H31N3O4. The van der Waals surface area contributed by atoms with Crippen molar-refractivity contribution in [1.82, 2.24) is 10.3 Å². The van der Waals surface area contributed by atoms with Gasteiger partial charge in [0.1, 0.15) is 0 Å². The van der Waals surface area contributed by atoms with E-state index >= 15 is 0 Å². The Bertz CT molecular complexity index is 1250. The van der Waals surface area contributed by atoms with E-state index in [-0.39, 0.29) is 12.5 Å². The summed E-state index contributed by atoms with van der Waals surface area (Å²) in [5.41, 5.74) is 7.71. The number of carbonyl (C=O) groups is 3. The molecule has 0 fully saturated rings. The third-order valence-electron chi connectivity index (χ3n) is 6.39. The molecule has 2 amide bonds. The van der Waals surface area contributed by atoms with Gasteiger partial charge < -0.3 is 20.4 Å². The van der Waals surface area contributed by atoms with E-state index in [4.69, 9.17) is 4.74 Å². The third kappa shape index (κ3) is 5.14. The van der Waals surface area contributed by atoms with Gasteiger partial charge in [-0.15, -0.1) is 0 Å². The summed E-state index contributed by atoms with van der Waals surface area (Å²) >= 11 is 0. The van der Waals surface area contributed by atoms with Crippen molar-refractivity contribution < 1.29 is 19.1 Å². The number of esters is 1. The molecular weight excluding hydrogens is 430 g/mol. The number of benzene rings is 2. The second-order valence-electron chi connectivity index (χ2n) is 9.37. The van der Waals surface area contributed by atoms with Crippen molar-refractivity contribution in [3.05, 3.63) is 63.8 Å². The fourth-order valence-corrected chi connectivity index (χ4v) is 4.72. The van der Waals surface area contributed by atoms with Gasteiger partial charge in [0.05, 0.1) is 12.1 Å². The minimum Gasteiger partial charge on any atom is -0.452 e. The summed E-state index contributed by atoms with van der Waals surface area (Å²) in [6.07, 6.45) is 3.16. The molecule has 3 N–H and O–H groups in total. The molecule has 1 aliphatic rings. The Labute approximate surface area is 199 Å². The molecule has 0 radical (unpaired) electrons. The molecule has 4 rings (SSSR count). The highest BCUT2D eigenvalue weighted by Crippen LogP contribution is 2.32. The number of hydrogen-bond acceptors (Lipinski definition) is 4. The van der Waals surface area contributed by atoms with Crippen LogP contribution in [0.4, 0.5) is 5.69 Å². The largest absolute Gasteiger partial charge is 0.452 e. The molecule has 0 aliphatic heterocycles. The number of H-pyrrole nitrogens is 1. The summed E-state index contributed by atoms with van der Waals surface area (Å²) in [5, 5.41) is 6.37. The molecule has 0 saturated carbocycles. The fourth-order valence-electron chi connectivity index (χ4n) is 4.72. The highest BCUT2D eigenvalue weighted by atomic mass is 16.5. The monoisotopic (exact) mass is 461 g/mol. The topological polar surface area (TPSA) is 100 Å². The van der Waals surface area contributed by atoms with Crippen LogP contribution in [0, 0.1) is 26.7 Å². The van der Waals surface area contributed by atoms with Gasteiger partial charge in [0.2, 0.25) is 5.91 Å². The van der Waals surface area contributed by atoms with Gasteiger partial charge in [-0.2, -0.15) is 0 Å². The molecule has 0 bridgehead atoms. The van der Waals surface area contributed by atoms with Gasteiger partial charge in [-0.25, -0.2) is 4.79 Å². The first kappa shape index (κ1) is 23.5. The molecule has 1 aromatic heterocycles. The summed E-state index contributed by atoms with van der Waals surface area (Å²) < 4.78 is 5.19. The lowest BCUT2D eigenvalue weighted by Crippen LogP contribution is -2.35. The van der Waals surface area contributed by atoms with E-state index in [0.717, 1.165) is 52.5 Å².